The van der Waals surface area contributed by atoms with Crippen molar-refractivity contribution in [2.45, 2.75) is 97.1 Å². The van der Waals surface area contributed by atoms with Crippen molar-refractivity contribution in [1.82, 2.24) is 9.80 Å². The van der Waals surface area contributed by atoms with Gasteiger partial charge in [-0.05, 0) is 56.6 Å². The largest absolute Gasteiger partial charge is 0.394 e. The molecule has 3 saturated heterocycles. The van der Waals surface area contributed by atoms with Gasteiger partial charge in [0.2, 0.25) is 17.7 Å². The van der Waals surface area contributed by atoms with Crippen molar-refractivity contribution in [2.75, 3.05) is 24.6 Å². The minimum Gasteiger partial charge on any atom is -0.394 e. The molecule has 0 aliphatic carbocycles. The van der Waals surface area contributed by atoms with E-state index < -0.39 is 41.2 Å². The second kappa shape index (κ2) is 12.2. The average Bonchev–Trinajstić information content (AvgIpc) is 3.57. The van der Waals surface area contributed by atoms with E-state index in [1.165, 1.54) is 0 Å². The summed E-state index contributed by atoms with van der Waals surface area (Å²) in [6.07, 6.45) is 4.72. The van der Waals surface area contributed by atoms with Gasteiger partial charge in [0.05, 0.1) is 30.6 Å². The van der Waals surface area contributed by atoms with Crippen LogP contribution in [0.15, 0.2) is 55.6 Å². The van der Waals surface area contributed by atoms with Gasteiger partial charge >= 0.3 is 0 Å². The number of aliphatic hydroxyl groups excluding tert-OH is 1. The molecule has 6 atom stereocenters. The van der Waals surface area contributed by atoms with E-state index in [1.807, 2.05) is 62.9 Å². The highest BCUT2D eigenvalue weighted by Crippen LogP contribution is 2.60. The lowest BCUT2D eigenvalue weighted by Gasteiger charge is -2.46. The maximum atomic E-state index is 14.9. The van der Waals surface area contributed by atoms with Crippen LogP contribution in [-0.4, -0.2) is 81.7 Å². The van der Waals surface area contributed by atoms with Gasteiger partial charge in [-0.2, -0.15) is 0 Å². The Labute approximate surface area is 257 Å². The number of amides is 3. The van der Waals surface area contributed by atoms with Crippen LogP contribution < -0.4 is 4.90 Å². The van der Waals surface area contributed by atoms with Crippen LogP contribution in [0.25, 0.3) is 0 Å². The fourth-order valence-corrected chi connectivity index (χ4v) is 8.17. The van der Waals surface area contributed by atoms with Crippen LogP contribution in [-0.2, 0) is 19.1 Å². The number of para-hydroxylation sites is 1. The first-order chi connectivity index (χ1) is 20.1. The van der Waals surface area contributed by atoms with E-state index in [0.717, 1.165) is 12.1 Å². The number of likely N-dealkylation sites (tertiary alicyclic amines) is 1. The maximum Gasteiger partial charge on any atom is 0.249 e. The number of carbonyl (C=O) groups is 3. The summed E-state index contributed by atoms with van der Waals surface area (Å²) in [6.45, 7) is 22.5. The van der Waals surface area contributed by atoms with Gasteiger partial charge in [-0.25, -0.2) is 0 Å². The van der Waals surface area contributed by atoms with Crippen molar-refractivity contribution in [1.29, 1.82) is 0 Å². The summed E-state index contributed by atoms with van der Waals surface area (Å²) < 4.78 is 6.74. The normalized spacial score (nSPS) is 27.3. The van der Waals surface area contributed by atoms with Crippen molar-refractivity contribution in [2.24, 2.45) is 23.2 Å². The molecule has 8 nitrogen and oxygen atoms in total. The molecule has 1 spiro atoms. The standard InChI is InChI=1S/C35H51N3O5/c1-10-19-36(24-15-13-12-14-16-24)30(40)27-26-17-18-35(43-26)28(27)31(41)38(25(21-39)23(3)4)29(35)32(42)37(20-11-2)34(8,9)22-33(5,6)7/h10-16,23,25-29,39H,1-2,17-22H2,3-9H3/t25-,26-,27+,28-,29?,35?/m0/s1. The van der Waals surface area contributed by atoms with Crippen molar-refractivity contribution in [3.8, 4) is 0 Å². The number of hydrogen-bond donors (Lipinski definition) is 1. The Bertz CT molecular complexity index is 1220. The number of rotatable bonds is 12. The molecule has 236 valence electrons. The third-order valence-corrected chi connectivity index (χ3v) is 9.49. The molecular formula is C35H51N3O5. The van der Waals surface area contributed by atoms with Crippen molar-refractivity contribution in [3.63, 3.8) is 0 Å². The molecule has 3 aliphatic heterocycles. The van der Waals surface area contributed by atoms with Crippen molar-refractivity contribution >= 4 is 23.4 Å². The number of ether oxygens (including phenoxy) is 1. The van der Waals surface area contributed by atoms with Gasteiger partial charge in [0, 0.05) is 24.3 Å². The molecule has 1 aromatic carbocycles. The molecule has 3 heterocycles. The van der Waals surface area contributed by atoms with E-state index in [-0.39, 0.29) is 42.2 Å². The van der Waals surface area contributed by atoms with Crippen LogP contribution >= 0.6 is 0 Å². The van der Waals surface area contributed by atoms with Gasteiger partial charge in [0.25, 0.3) is 0 Å². The van der Waals surface area contributed by atoms with Crippen LogP contribution in [0.4, 0.5) is 5.69 Å². The minimum absolute atomic E-state index is 0.0629. The summed E-state index contributed by atoms with van der Waals surface area (Å²) in [7, 11) is 0. The fraction of sp³-hybridized carbons (Fsp3) is 0.629. The molecule has 4 rings (SSSR count). The van der Waals surface area contributed by atoms with Crippen LogP contribution in [0.3, 0.4) is 0 Å². The molecule has 0 saturated carbocycles. The van der Waals surface area contributed by atoms with Gasteiger partial charge < -0.3 is 24.5 Å². The maximum absolute atomic E-state index is 14.9. The first-order valence-corrected chi connectivity index (χ1v) is 15.7. The van der Waals surface area contributed by atoms with E-state index in [2.05, 4.69) is 33.9 Å². The molecule has 8 heteroatoms. The summed E-state index contributed by atoms with van der Waals surface area (Å²) in [6, 6.07) is 7.80. The molecule has 3 amide bonds. The highest BCUT2D eigenvalue weighted by Gasteiger charge is 2.76. The van der Waals surface area contributed by atoms with Crippen molar-refractivity contribution < 1.29 is 24.2 Å². The number of benzene rings is 1. The van der Waals surface area contributed by atoms with Gasteiger partial charge in [-0.1, -0.05) is 65.0 Å². The Balaban J connectivity index is 1.83. The van der Waals surface area contributed by atoms with E-state index in [9.17, 15) is 19.5 Å². The predicted octanol–water partition coefficient (Wildman–Crippen LogP) is 4.83. The number of carbonyl (C=O) groups excluding carboxylic acids is 3. The smallest absolute Gasteiger partial charge is 0.249 e. The quantitative estimate of drug-likeness (QED) is 0.351. The fourth-order valence-electron chi connectivity index (χ4n) is 8.17. The first kappa shape index (κ1) is 32.9. The molecule has 3 fully saturated rings. The van der Waals surface area contributed by atoms with E-state index in [1.54, 1.807) is 22.0 Å². The molecule has 1 N–H and O–H groups in total. The average molecular weight is 594 g/mol. The molecule has 1 aromatic rings. The Hall–Kier alpha value is -2.97. The Kier molecular flexibility index (Phi) is 9.34. The molecule has 43 heavy (non-hydrogen) atoms. The summed E-state index contributed by atoms with van der Waals surface area (Å²) >= 11 is 0. The van der Waals surface area contributed by atoms with Gasteiger partial charge in [-0.3, -0.25) is 14.4 Å². The van der Waals surface area contributed by atoms with Gasteiger partial charge in [-0.15, -0.1) is 13.2 Å². The monoisotopic (exact) mass is 593 g/mol. The zero-order chi connectivity index (χ0) is 31.9. The van der Waals surface area contributed by atoms with Crippen LogP contribution in [0.5, 0.6) is 0 Å². The highest BCUT2D eigenvalue weighted by molar-refractivity contribution is 6.03. The summed E-state index contributed by atoms with van der Waals surface area (Å²) in [4.78, 5) is 49.0. The molecule has 3 aliphatic rings. The molecule has 2 bridgehead atoms. The van der Waals surface area contributed by atoms with E-state index in [0.29, 0.717) is 19.4 Å². The summed E-state index contributed by atoms with van der Waals surface area (Å²) in [5.74, 6) is -2.40. The van der Waals surface area contributed by atoms with E-state index in [4.69, 9.17) is 4.74 Å². The summed E-state index contributed by atoms with van der Waals surface area (Å²) in [5, 5.41) is 10.6. The lowest BCUT2D eigenvalue weighted by atomic mass is 9.70. The van der Waals surface area contributed by atoms with Crippen LogP contribution in [0.2, 0.25) is 0 Å². The molecule has 0 aromatic heterocycles. The van der Waals surface area contributed by atoms with Gasteiger partial charge in [0.1, 0.15) is 11.6 Å². The SMILES string of the molecule is C=CCN(C(=O)[C@@H]1[C@@H]2CCC3(O2)C(C(=O)N(CC=C)C(C)(C)CC(C)(C)C)N([C@@H](CO)C(C)C)C(=O)[C@H]13)c1ccccc1. The molecule has 0 radical (unpaired) electrons. The minimum atomic E-state index is -1.16. The second-order valence-corrected chi connectivity index (χ2v) is 14.7. The molecular weight excluding hydrogens is 542 g/mol. The van der Waals surface area contributed by atoms with Crippen molar-refractivity contribution in [3.05, 3.63) is 55.6 Å². The molecule has 2 unspecified atom stereocenters. The zero-order valence-corrected chi connectivity index (χ0v) is 27.1. The third-order valence-electron chi connectivity index (χ3n) is 9.49. The second-order valence-electron chi connectivity index (χ2n) is 14.7. The number of fused-ring (bicyclic) bond motifs is 1. The third kappa shape index (κ3) is 5.80. The number of nitrogens with zero attached hydrogens (tertiary/aromatic N) is 3. The zero-order valence-electron chi connectivity index (χ0n) is 27.1. The van der Waals surface area contributed by atoms with Crippen LogP contribution in [0, 0.1) is 23.2 Å². The topological polar surface area (TPSA) is 90.4 Å². The Morgan fingerprint density at radius 2 is 1.72 bits per heavy atom. The highest BCUT2D eigenvalue weighted by atomic mass is 16.5. The first-order valence-electron chi connectivity index (χ1n) is 15.7. The van der Waals surface area contributed by atoms with E-state index >= 15 is 0 Å². The Morgan fingerprint density at radius 1 is 1.09 bits per heavy atom. The Morgan fingerprint density at radius 3 is 2.26 bits per heavy atom. The lowest BCUT2D eigenvalue weighted by molar-refractivity contribution is -0.156. The predicted molar refractivity (Wildman–Crippen MR) is 169 cm³/mol. The van der Waals surface area contributed by atoms with Gasteiger partial charge in [0.15, 0.2) is 0 Å². The number of aliphatic hydroxyl groups is 1. The van der Waals surface area contributed by atoms with Crippen LogP contribution in [0.1, 0.15) is 67.7 Å². The number of anilines is 1. The number of hydrogen-bond acceptors (Lipinski definition) is 5. The lowest BCUT2D eigenvalue weighted by Crippen LogP contribution is -2.63. The summed E-state index contributed by atoms with van der Waals surface area (Å²) in [5.41, 5.74) is -1.06.